The molecule has 1 heterocycles. The number of aromatic amines is 1. The fraction of sp³-hybridized carbons (Fsp3) is 0.0714. The number of carbonyl (C=O) groups is 1. The lowest BCUT2D eigenvalue weighted by atomic mass is 9.95. The molecule has 5 rings (SSSR count). The highest BCUT2D eigenvalue weighted by Gasteiger charge is 2.14. The molecule has 168 valence electrons. The Bertz CT molecular complexity index is 1540. The maximum Gasteiger partial charge on any atom is 0.336 e. The lowest BCUT2D eigenvalue weighted by molar-refractivity contribution is 0.0695. The summed E-state index contributed by atoms with van der Waals surface area (Å²) < 4.78 is 5.81. The van der Waals surface area contributed by atoms with Gasteiger partial charge in [-0.05, 0) is 65.9 Å². The van der Waals surface area contributed by atoms with Crippen LogP contribution in [0.5, 0.6) is 11.8 Å². The van der Waals surface area contributed by atoms with E-state index in [0.717, 1.165) is 22.2 Å². The van der Waals surface area contributed by atoms with E-state index in [1.54, 1.807) is 19.1 Å². The molecular weight excluding hydrogens is 448 g/mol. The SMILES string of the molecule is Cc1ccc(Oc2nc3cc(-c4ccc(-c5ccccc5)c(C)c4)c(Cl)cc3[nH]2)cc1C(=O)O. The van der Waals surface area contributed by atoms with Crippen molar-refractivity contribution >= 4 is 28.6 Å². The van der Waals surface area contributed by atoms with Gasteiger partial charge >= 0.3 is 5.97 Å². The van der Waals surface area contributed by atoms with Crippen LogP contribution >= 0.6 is 11.6 Å². The molecule has 0 radical (unpaired) electrons. The average Bonchev–Trinajstić information content (AvgIpc) is 3.21. The number of imidazole rings is 1. The van der Waals surface area contributed by atoms with E-state index in [1.165, 1.54) is 17.2 Å². The minimum Gasteiger partial charge on any atom is -0.478 e. The van der Waals surface area contributed by atoms with Crippen molar-refractivity contribution in [2.75, 3.05) is 0 Å². The zero-order valence-corrected chi connectivity index (χ0v) is 19.4. The van der Waals surface area contributed by atoms with E-state index in [9.17, 15) is 9.90 Å². The number of carboxylic acids is 1. The summed E-state index contributed by atoms with van der Waals surface area (Å²) in [4.78, 5) is 19.0. The van der Waals surface area contributed by atoms with Gasteiger partial charge in [0.25, 0.3) is 6.01 Å². The van der Waals surface area contributed by atoms with Gasteiger partial charge in [-0.25, -0.2) is 4.79 Å². The van der Waals surface area contributed by atoms with Crippen molar-refractivity contribution in [3.8, 4) is 34.0 Å². The van der Waals surface area contributed by atoms with Crippen LogP contribution in [0, 0.1) is 13.8 Å². The normalized spacial score (nSPS) is 11.0. The number of carboxylic acid groups (broad SMARTS) is 1. The second-order valence-electron chi connectivity index (χ2n) is 8.17. The monoisotopic (exact) mass is 468 g/mol. The minimum absolute atomic E-state index is 0.188. The largest absolute Gasteiger partial charge is 0.478 e. The Balaban J connectivity index is 1.48. The van der Waals surface area contributed by atoms with Crippen LogP contribution < -0.4 is 4.74 Å². The molecule has 5 aromatic rings. The molecule has 0 aliphatic rings. The predicted octanol–water partition coefficient (Wildman–Crippen LogP) is 7.66. The Morgan fingerprint density at radius 2 is 1.68 bits per heavy atom. The fourth-order valence-electron chi connectivity index (χ4n) is 4.06. The van der Waals surface area contributed by atoms with Crippen LogP contribution in [-0.2, 0) is 0 Å². The van der Waals surface area contributed by atoms with Crippen molar-refractivity contribution in [2.45, 2.75) is 13.8 Å². The van der Waals surface area contributed by atoms with Gasteiger partial charge in [0.2, 0.25) is 0 Å². The lowest BCUT2D eigenvalue weighted by Gasteiger charge is -2.10. The average molecular weight is 469 g/mol. The zero-order chi connectivity index (χ0) is 23.8. The molecule has 0 fully saturated rings. The molecule has 0 spiro atoms. The molecule has 6 heteroatoms. The molecule has 0 bridgehead atoms. The van der Waals surface area contributed by atoms with Crippen LogP contribution in [-0.4, -0.2) is 21.0 Å². The number of nitrogens with one attached hydrogen (secondary N) is 1. The number of aromatic nitrogens is 2. The number of rotatable bonds is 5. The van der Waals surface area contributed by atoms with E-state index in [1.807, 2.05) is 30.3 Å². The molecule has 4 aromatic carbocycles. The number of fused-ring (bicyclic) bond motifs is 1. The van der Waals surface area contributed by atoms with Gasteiger partial charge in [-0.2, -0.15) is 4.98 Å². The summed E-state index contributed by atoms with van der Waals surface area (Å²) in [5.41, 5.74) is 7.65. The first-order valence-corrected chi connectivity index (χ1v) is 11.1. The van der Waals surface area contributed by atoms with E-state index in [-0.39, 0.29) is 11.6 Å². The van der Waals surface area contributed by atoms with Gasteiger partial charge < -0.3 is 14.8 Å². The van der Waals surface area contributed by atoms with E-state index < -0.39 is 5.97 Å². The van der Waals surface area contributed by atoms with Crippen molar-refractivity contribution in [1.82, 2.24) is 9.97 Å². The maximum absolute atomic E-state index is 11.4. The highest BCUT2D eigenvalue weighted by atomic mass is 35.5. The second kappa shape index (κ2) is 8.69. The number of halogens is 1. The number of H-pyrrole nitrogens is 1. The number of aryl methyl sites for hydroxylation is 2. The zero-order valence-electron chi connectivity index (χ0n) is 18.6. The third-order valence-electron chi connectivity index (χ3n) is 5.83. The van der Waals surface area contributed by atoms with Gasteiger partial charge in [0, 0.05) is 5.56 Å². The highest BCUT2D eigenvalue weighted by molar-refractivity contribution is 6.34. The summed E-state index contributed by atoms with van der Waals surface area (Å²) in [5, 5.41) is 9.94. The van der Waals surface area contributed by atoms with Gasteiger partial charge in [0.1, 0.15) is 5.75 Å². The number of benzene rings is 4. The van der Waals surface area contributed by atoms with E-state index in [4.69, 9.17) is 16.3 Å². The summed E-state index contributed by atoms with van der Waals surface area (Å²) in [7, 11) is 0. The van der Waals surface area contributed by atoms with Gasteiger partial charge in [0.15, 0.2) is 0 Å². The topological polar surface area (TPSA) is 75.2 Å². The van der Waals surface area contributed by atoms with Crippen molar-refractivity contribution in [3.05, 3.63) is 101 Å². The number of aromatic carboxylic acids is 1. The van der Waals surface area contributed by atoms with Crippen molar-refractivity contribution in [3.63, 3.8) is 0 Å². The number of nitrogens with zero attached hydrogens (tertiary/aromatic N) is 1. The number of ether oxygens (including phenoxy) is 1. The van der Waals surface area contributed by atoms with E-state index in [2.05, 4.69) is 47.2 Å². The van der Waals surface area contributed by atoms with Crippen LogP contribution in [0.3, 0.4) is 0 Å². The van der Waals surface area contributed by atoms with Gasteiger partial charge in [-0.1, -0.05) is 66.2 Å². The summed E-state index contributed by atoms with van der Waals surface area (Å²) in [5.74, 6) is -0.613. The smallest absolute Gasteiger partial charge is 0.336 e. The maximum atomic E-state index is 11.4. The third-order valence-corrected chi connectivity index (χ3v) is 6.14. The molecule has 0 saturated carbocycles. The number of hydrogen-bond donors (Lipinski definition) is 2. The molecule has 5 nitrogen and oxygen atoms in total. The quantitative estimate of drug-likeness (QED) is 0.277. The van der Waals surface area contributed by atoms with Crippen LogP contribution in [0.15, 0.2) is 78.9 Å². The first-order valence-electron chi connectivity index (χ1n) is 10.8. The summed E-state index contributed by atoms with van der Waals surface area (Å²) in [6, 6.07) is 25.5. The Hall–Kier alpha value is -4.09. The molecule has 34 heavy (non-hydrogen) atoms. The standard InChI is InChI=1S/C28H21ClN2O3/c1-16-8-10-20(13-22(16)27(32)33)34-28-30-25-14-23(24(29)15-26(25)31-28)19-9-11-21(17(2)12-19)18-6-4-3-5-7-18/h3-15H,1-2H3,(H,30,31)(H,32,33). The van der Waals surface area contributed by atoms with Crippen LogP contribution in [0.25, 0.3) is 33.3 Å². The lowest BCUT2D eigenvalue weighted by Crippen LogP contribution is -2.00. The predicted molar refractivity (Wildman–Crippen MR) is 135 cm³/mol. The molecule has 0 saturated heterocycles. The molecule has 0 amide bonds. The van der Waals surface area contributed by atoms with Crippen molar-refractivity contribution in [2.24, 2.45) is 0 Å². The van der Waals surface area contributed by atoms with E-state index in [0.29, 0.717) is 21.9 Å². The molecular formula is C28H21ClN2O3. The van der Waals surface area contributed by atoms with Crippen molar-refractivity contribution < 1.29 is 14.6 Å². The minimum atomic E-state index is -1.00. The highest BCUT2D eigenvalue weighted by Crippen LogP contribution is 2.35. The molecule has 2 N–H and O–H groups in total. The van der Waals surface area contributed by atoms with Gasteiger partial charge in [-0.3, -0.25) is 0 Å². The molecule has 0 atom stereocenters. The van der Waals surface area contributed by atoms with Crippen LogP contribution in [0.4, 0.5) is 0 Å². The Morgan fingerprint density at radius 3 is 2.41 bits per heavy atom. The Kier molecular flexibility index (Phi) is 5.56. The fourth-order valence-corrected chi connectivity index (χ4v) is 4.33. The molecule has 1 aromatic heterocycles. The van der Waals surface area contributed by atoms with Gasteiger partial charge in [0.05, 0.1) is 21.6 Å². The van der Waals surface area contributed by atoms with Crippen molar-refractivity contribution in [1.29, 1.82) is 0 Å². The van der Waals surface area contributed by atoms with Crippen LogP contribution in [0.1, 0.15) is 21.5 Å². The Morgan fingerprint density at radius 1 is 0.882 bits per heavy atom. The summed E-state index contributed by atoms with van der Waals surface area (Å²) in [6.45, 7) is 3.83. The molecule has 0 aliphatic carbocycles. The first-order chi connectivity index (χ1) is 16.4. The van der Waals surface area contributed by atoms with Gasteiger partial charge in [-0.15, -0.1) is 0 Å². The van der Waals surface area contributed by atoms with E-state index >= 15 is 0 Å². The van der Waals surface area contributed by atoms with Crippen LogP contribution in [0.2, 0.25) is 5.02 Å². The Labute approximate surface area is 201 Å². The number of hydrogen-bond acceptors (Lipinski definition) is 3. The summed E-state index contributed by atoms with van der Waals surface area (Å²) in [6.07, 6.45) is 0. The summed E-state index contributed by atoms with van der Waals surface area (Å²) >= 11 is 6.64. The third kappa shape index (κ3) is 4.14. The second-order valence-corrected chi connectivity index (χ2v) is 8.58. The molecule has 0 unspecified atom stereocenters. The first kappa shape index (κ1) is 21.7. The molecule has 0 aliphatic heterocycles.